The molecule has 1 aromatic rings. The third-order valence-electron chi connectivity index (χ3n) is 6.27. The largest absolute Gasteiger partial charge is 0.454 e. The van der Waals surface area contributed by atoms with Crippen LogP contribution in [0.5, 0.6) is 11.5 Å². The van der Waals surface area contributed by atoms with Gasteiger partial charge in [0.15, 0.2) is 11.5 Å². The fraction of sp³-hybridized carbons (Fsp3) is 0.562. The normalized spacial score (nSPS) is 42.4. The van der Waals surface area contributed by atoms with E-state index in [1.165, 1.54) is 17.5 Å². The number of benzene rings is 1. The van der Waals surface area contributed by atoms with E-state index in [-0.39, 0.29) is 5.92 Å². The van der Waals surface area contributed by atoms with Crippen LogP contribution >= 0.6 is 0 Å². The molecule has 0 unspecified atom stereocenters. The lowest BCUT2D eigenvalue weighted by molar-refractivity contribution is -0.121. The van der Waals surface area contributed by atoms with Gasteiger partial charge in [0.1, 0.15) is 5.78 Å². The van der Waals surface area contributed by atoms with Crippen molar-refractivity contribution in [3.63, 3.8) is 0 Å². The molecule has 0 N–H and O–H groups in total. The second-order valence-electron chi connectivity index (χ2n) is 6.94. The van der Waals surface area contributed by atoms with Gasteiger partial charge in [0.05, 0.1) is 5.92 Å². The fourth-order valence-corrected chi connectivity index (χ4v) is 5.37. The second-order valence-corrected chi connectivity index (χ2v) is 6.94. The number of rotatable bonds is 0. The first-order chi connectivity index (χ1) is 9.78. The van der Waals surface area contributed by atoms with E-state index in [0.29, 0.717) is 30.0 Å². The summed E-state index contributed by atoms with van der Waals surface area (Å²) in [5, 5.41) is 0. The van der Waals surface area contributed by atoms with Crippen LogP contribution in [-0.2, 0) is 11.3 Å². The van der Waals surface area contributed by atoms with Crippen molar-refractivity contribution >= 4 is 5.78 Å². The first-order valence-corrected chi connectivity index (χ1v) is 7.48. The SMILES string of the molecule is O=C1[C@H]2C[C@]23CCN2Cc4cc5c(cc4[C@H]1[C@@H]23)OCO5. The number of carbonyl (C=O) groups excluding carboxylic acids is 1. The Labute approximate surface area is 116 Å². The molecule has 4 nitrogen and oxygen atoms in total. The molecule has 0 amide bonds. The third-order valence-corrected chi connectivity index (χ3v) is 6.27. The van der Waals surface area contributed by atoms with E-state index in [9.17, 15) is 4.79 Å². The average molecular weight is 269 g/mol. The molecule has 1 aromatic carbocycles. The van der Waals surface area contributed by atoms with Crippen molar-refractivity contribution in [3.8, 4) is 11.5 Å². The number of hydrogen-bond acceptors (Lipinski definition) is 4. The lowest BCUT2D eigenvalue weighted by Gasteiger charge is -2.37. The molecule has 0 radical (unpaired) electrons. The van der Waals surface area contributed by atoms with Crippen LogP contribution in [0.4, 0.5) is 0 Å². The number of carbonyl (C=O) groups is 1. The van der Waals surface area contributed by atoms with Crippen LogP contribution in [-0.4, -0.2) is 30.1 Å². The van der Waals surface area contributed by atoms with Crippen molar-refractivity contribution in [1.82, 2.24) is 4.90 Å². The zero-order valence-corrected chi connectivity index (χ0v) is 11.1. The van der Waals surface area contributed by atoms with Gasteiger partial charge in [0.25, 0.3) is 0 Å². The highest BCUT2D eigenvalue weighted by molar-refractivity contribution is 5.96. The van der Waals surface area contributed by atoms with Crippen LogP contribution in [0, 0.1) is 11.3 Å². The molecular formula is C16H15NO3. The maximum atomic E-state index is 12.7. The zero-order chi connectivity index (χ0) is 13.1. The van der Waals surface area contributed by atoms with Crippen molar-refractivity contribution in [3.05, 3.63) is 23.3 Å². The monoisotopic (exact) mass is 269 g/mol. The summed E-state index contributed by atoms with van der Waals surface area (Å²) in [4.78, 5) is 15.3. The van der Waals surface area contributed by atoms with Gasteiger partial charge in [-0.25, -0.2) is 0 Å². The van der Waals surface area contributed by atoms with Gasteiger partial charge in [0.2, 0.25) is 6.79 Å². The number of hydrogen-bond donors (Lipinski definition) is 0. The lowest BCUT2D eigenvalue weighted by Crippen LogP contribution is -2.42. The Morgan fingerprint density at radius 2 is 2.10 bits per heavy atom. The Kier molecular flexibility index (Phi) is 1.47. The molecule has 6 rings (SSSR count). The first-order valence-electron chi connectivity index (χ1n) is 7.48. The molecule has 3 fully saturated rings. The predicted octanol–water partition coefficient (Wildman–Crippen LogP) is 1.68. The molecule has 2 saturated carbocycles. The quantitative estimate of drug-likeness (QED) is 0.718. The average Bonchev–Trinajstić information content (AvgIpc) is 2.73. The number of ether oxygens (including phenoxy) is 2. The van der Waals surface area contributed by atoms with Crippen LogP contribution in [0.1, 0.15) is 29.9 Å². The van der Waals surface area contributed by atoms with Crippen LogP contribution in [0.15, 0.2) is 12.1 Å². The minimum absolute atomic E-state index is 0.0921. The number of Topliss-reactive ketones (excluding diaryl/α,β-unsaturated/α-hetero) is 1. The summed E-state index contributed by atoms with van der Waals surface area (Å²) in [5.74, 6) is 2.58. The topological polar surface area (TPSA) is 38.8 Å². The van der Waals surface area contributed by atoms with E-state index < -0.39 is 0 Å². The summed E-state index contributed by atoms with van der Waals surface area (Å²) < 4.78 is 11.0. The van der Waals surface area contributed by atoms with Crippen molar-refractivity contribution in [2.24, 2.45) is 11.3 Å². The lowest BCUT2D eigenvalue weighted by atomic mass is 9.80. The van der Waals surface area contributed by atoms with Crippen LogP contribution in [0.25, 0.3) is 0 Å². The highest BCUT2D eigenvalue weighted by Crippen LogP contribution is 2.72. The van der Waals surface area contributed by atoms with Gasteiger partial charge in [-0.2, -0.15) is 0 Å². The van der Waals surface area contributed by atoms with Gasteiger partial charge in [-0.05, 0) is 48.1 Å². The van der Waals surface area contributed by atoms with Crippen LogP contribution in [0.2, 0.25) is 0 Å². The zero-order valence-electron chi connectivity index (χ0n) is 11.1. The van der Waals surface area contributed by atoms with E-state index >= 15 is 0 Å². The fourth-order valence-electron chi connectivity index (χ4n) is 5.37. The van der Waals surface area contributed by atoms with E-state index in [2.05, 4.69) is 17.0 Å². The van der Waals surface area contributed by atoms with Gasteiger partial charge in [-0.3, -0.25) is 9.69 Å². The number of nitrogens with zero attached hydrogens (tertiary/aromatic N) is 1. The molecule has 3 aliphatic heterocycles. The highest BCUT2D eigenvalue weighted by Gasteiger charge is 2.75. The molecule has 1 saturated heterocycles. The predicted molar refractivity (Wildman–Crippen MR) is 69.7 cm³/mol. The Bertz CT molecular complexity index is 685. The molecule has 20 heavy (non-hydrogen) atoms. The van der Waals surface area contributed by atoms with Gasteiger partial charge in [0, 0.05) is 18.5 Å². The summed E-state index contributed by atoms with van der Waals surface area (Å²) in [6, 6.07) is 4.64. The summed E-state index contributed by atoms with van der Waals surface area (Å²) in [6.45, 7) is 2.42. The van der Waals surface area contributed by atoms with Crippen molar-refractivity contribution in [2.75, 3.05) is 13.3 Å². The minimum Gasteiger partial charge on any atom is -0.454 e. The van der Waals surface area contributed by atoms with Crippen molar-refractivity contribution < 1.29 is 14.3 Å². The molecule has 2 aliphatic carbocycles. The molecular weight excluding hydrogens is 254 g/mol. The Balaban J connectivity index is 1.58. The minimum atomic E-state index is 0.0921. The third kappa shape index (κ3) is 0.917. The molecule has 0 aromatic heterocycles. The van der Waals surface area contributed by atoms with Crippen LogP contribution < -0.4 is 9.47 Å². The summed E-state index contributed by atoms with van der Waals surface area (Å²) >= 11 is 0. The number of fused-ring (bicyclic) bond motifs is 3. The summed E-state index contributed by atoms with van der Waals surface area (Å²) in [7, 11) is 0. The summed E-state index contributed by atoms with van der Waals surface area (Å²) in [5.41, 5.74) is 2.83. The Morgan fingerprint density at radius 3 is 3.00 bits per heavy atom. The maximum Gasteiger partial charge on any atom is 0.231 e. The van der Waals surface area contributed by atoms with E-state index in [4.69, 9.17) is 9.47 Å². The smallest absolute Gasteiger partial charge is 0.231 e. The standard InChI is InChI=1S/C16H15NO3/c18-14-10-5-16(10)1-2-17-6-8-3-11-12(20-7-19-11)4-9(8)13(14)15(16)17/h3-4,10,13,15H,1-2,5-7H2/t10-,13-,15-,16-/m1/s1. The summed E-state index contributed by atoms with van der Waals surface area (Å²) in [6.07, 6.45) is 2.36. The second kappa shape index (κ2) is 2.89. The molecule has 0 bridgehead atoms. The first kappa shape index (κ1) is 10.2. The Morgan fingerprint density at radius 1 is 1.25 bits per heavy atom. The molecule has 3 heterocycles. The van der Waals surface area contributed by atoms with E-state index in [0.717, 1.165) is 31.0 Å². The maximum absolute atomic E-state index is 12.7. The van der Waals surface area contributed by atoms with Gasteiger partial charge < -0.3 is 9.47 Å². The molecule has 102 valence electrons. The van der Waals surface area contributed by atoms with Gasteiger partial charge in [-0.15, -0.1) is 0 Å². The van der Waals surface area contributed by atoms with Crippen LogP contribution in [0.3, 0.4) is 0 Å². The molecule has 4 atom stereocenters. The van der Waals surface area contributed by atoms with Crippen molar-refractivity contribution in [2.45, 2.75) is 31.3 Å². The molecule has 5 aliphatic rings. The van der Waals surface area contributed by atoms with Crippen molar-refractivity contribution in [1.29, 1.82) is 0 Å². The van der Waals surface area contributed by atoms with Gasteiger partial charge >= 0.3 is 0 Å². The van der Waals surface area contributed by atoms with E-state index in [1.54, 1.807) is 0 Å². The van der Waals surface area contributed by atoms with E-state index in [1.807, 2.05) is 0 Å². The molecule has 1 spiro atoms. The highest BCUT2D eigenvalue weighted by atomic mass is 16.7. The van der Waals surface area contributed by atoms with Gasteiger partial charge in [-0.1, -0.05) is 0 Å². The Hall–Kier alpha value is -1.55. The number of ketones is 1. The molecule has 4 heteroatoms.